The first kappa shape index (κ1) is 15.6. The summed E-state index contributed by atoms with van der Waals surface area (Å²) in [6, 6.07) is 0.289. The van der Waals surface area contributed by atoms with Gasteiger partial charge in [-0.2, -0.15) is 0 Å². The van der Waals surface area contributed by atoms with E-state index in [4.69, 9.17) is 5.11 Å². The molecule has 1 atom stereocenters. The highest BCUT2D eigenvalue weighted by molar-refractivity contribution is 7.14. The van der Waals surface area contributed by atoms with Gasteiger partial charge in [0.25, 0.3) is 5.91 Å². The van der Waals surface area contributed by atoms with Gasteiger partial charge in [0.2, 0.25) is 0 Å². The first-order chi connectivity index (χ1) is 9.03. The third-order valence-corrected chi connectivity index (χ3v) is 3.97. The molecular formula is C13H18FNO3S. The molecule has 0 aromatic carbocycles. The van der Waals surface area contributed by atoms with E-state index in [1.165, 1.54) is 11.3 Å². The second-order valence-corrected chi connectivity index (χ2v) is 5.32. The van der Waals surface area contributed by atoms with E-state index in [9.17, 15) is 14.0 Å². The Morgan fingerprint density at radius 3 is 2.63 bits per heavy atom. The number of carboxylic acid groups (broad SMARTS) is 1. The average Bonchev–Trinajstić information content (AvgIpc) is 2.79. The Kier molecular flexibility index (Phi) is 5.95. The Labute approximate surface area is 115 Å². The van der Waals surface area contributed by atoms with Crippen LogP contribution in [0.5, 0.6) is 0 Å². The standard InChI is InChI=1S/C13H18FNO3S/c1-3-5-10-8(4-2)6-11(19-10)12(16)15-9(7-14)13(17)18/h6,9H,3-5,7H2,1-2H3,(H,15,16)(H,17,18). The van der Waals surface area contributed by atoms with Gasteiger partial charge < -0.3 is 10.4 Å². The van der Waals surface area contributed by atoms with Gasteiger partial charge in [0.1, 0.15) is 6.67 Å². The summed E-state index contributed by atoms with van der Waals surface area (Å²) >= 11 is 1.35. The van der Waals surface area contributed by atoms with Crippen molar-refractivity contribution in [1.82, 2.24) is 5.32 Å². The monoisotopic (exact) mass is 287 g/mol. The Hall–Kier alpha value is -1.43. The fourth-order valence-electron chi connectivity index (χ4n) is 1.71. The lowest BCUT2D eigenvalue weighted by Gasteiger charge is -2.09. The van der Waals surface area contributed by atoms with Crippen LogP contribution in [-0.2, 0) is 17.6 Å². The smallest absolute Gasteiger partial charge is 0.328 e. The number of rotatable bonds is 7. The van der Waals surface area contributed by atoms with Gasteiger partial charge in [-0.25, -0.2) is 9.18 Å². The average molecular weight is 287 g/mol. The Morgan fingerprint density at radius 1 is 1.47 bits per heavy atom. The highest BCUT2D eigenvalue weighted by atomic mass is 32.1. The number of halogens is 1. The topological polar surface area (TPSA) is 66.4 Å². The predicted molar refractivity (Wildman–Crippen MR) is 72.6 cm³/mol. The minimum absolute atomic E-state index is 0.444. The second-order valence-electron chi connectivity index (χ2n) is 4.18. The molecule has 19 heavy (non-hydrogen) atoms. The number of aryl methyl sites for hydroxylation is 2. The molecule has 0 aliphatic carbocycles. The molecule has 0 aliphatic heterocycles. The van der Waals surface area contributed by atoms with Crippen LogP contribution in [0.1, 0.15) is 40.4 Å². The first-order valence-corrected chi connectivity index (χ1v) is 7.06. The summed E-state index contributed by atoms with van der Waals surface area (Å²) in [5.74, 6) is -1.89. The number of hydrogen-bond donors (Lipinski definition) is 2. The molecule has 6 heteroatoms. The molecule has 0 saturated carbocycles. The number of carbonyl (C=O) groups is 2. The number of aliphatic carboxylic acids is 1. The van der Waals surface area contributed by atoms with Crippen molar-refractivity contribution in [3.05, 3.63) is 21.4 Å². The molecule has 106 valence electrons. The van der Waals surface area contributed by atoms with Crippen LogP contribution >= 0.6 is 11.3 Å². The van der Waals surface area contributed by atoms with Gasteiger partial charge in [-0.15, -0.1) is 11.3 Å². The van der Waals surface area contributed by atoms with Gasteiger partial charge in [0.15, 0.2) is 6.04 Å². The van der Waals surface area contributed by atoms with E-state index >= 15 is 0 Å². The number of carboxylic acids is 1. The Bertz CT molecular complexity index is 459. The summed E-state index contributed by atoms with van der Waals surface area (Å²) < 4.78 is 12.5. The summed E-state index contributed by atoms with van der Waals surface area (Å²) in [5, 5.41) is 10.9. The van der Waals surface area contributed by atoms with E-state index in [1.54, 1.807) is 6.07 Å². The Morgan fingerprint density at radius 2 is 2.16 bits per heavy atom. The van der Waals surface area contributed by atoms with Crippen molar-refractivity contribution in [1.29, 1.82) is 0 Å². The maximum atomic E-state index is 12.5. The highest BCUT2D eigenvalue weighted by Crippen LogP contribution is 2.24. The van der Waals surface area contributed by atoms with Crippen molar-refractivity contribution >= 4 is 23.2 Å². The van der Waals surface area contributed by atoms with Crippen molar-refractivity contribution in [2.24, 2.45) is 0 Å². The summed E-state index contributed by atoms with van der Waals surface area (Å²) in [6.45, 7) is 2.95. The number of alkyl halides is 1. The molecule has 1 unspecified atom stereocenters. The SMILES string of the molecule is CCCc1sc(C(=O)NC(CF)C(=O)O)cc1CC. The van der Waals surface area contributed by atoms with Crippen LogP contribution in [0.2, 0.25) is 0 Å². The van der Waals surface area contributed by atoms with E-state index in [2.05, 4.69) is 12.2 Å². The lowest BCUT2D eigenvalue weighted by atomic mass is 10.1. The molecule has 1 aromatic heterocycles. The molecule has 2 N–H and O–H groups in total. The van der Waals surface area contributed by atoms with E-state index < -0.39 is 24.6 Å². The Balaban J connectivity index is 2.84. The van der Waals surface area contributed by atoms with Gasteiger partial charge in [0, 0.05) is 4.88 Å². The number of hydrogen-bond acceptors (Lipinski definition) is 3. The van der Waals surface area contributed by atoms with Crippen LogP contribution in [0.4, 0.5) is 4.39 Å². The van der Waals surface area contributed by atoms with Crippen LogP contribution in [-0.4, -0.2) is 29.7 Å². The summed E-state index contributed by atoms with van der Waals surface area (Å²) in [4.78, 5) is 24.1. The molecule has 1 rings (SSSR count). The third-order valence-electron chi connectivity index (χ3n) is 2.74. The van der Waals surface area contributed by atoms with Crippen molar-refractivity contribution < 1.29 is 19.1 Å². The van der Waals surface area contributed by atoms with Crippen LogP contribution in [0.15, 0.2) is 6.07 Å². The minimum Gasteiger partial charge on any atom is -0.480 e. The lowest BCUT2D eigenvalue weighted by molar-refractivity contribution is -0.139. The predicted octanol–water partition coefficient (Wildman–Crippen LogP) is 2.42. The fourth-order valence-corrected chi connectivity index (χ4v) is 2.97. The van der Waals surface area contributed by atoms with Gasteiger partial charge in [-0.3, -0.25) is 4.79 Å². The van der Waals surface area contributed by atoms with Crippen molar-refractivity contribution in [2.75, 3.05) is 6.67 Å². The van der Waals surface area contributed by atoms with E-state index in [0.29, 0.717) is 4.88 Å². The first-order valence-electron chi connectivity index (χ1n) is 6.24. The van der Waals surface area contributed by atoms with Crippen LogP contribution in [0.25, 0.3) is 0 Å². The molecule has 0 bridgehead atoms. The van der Waals surface area contributed by atoms with Crippen molar-refractivity contribution in [3.63, 3.8) is 0 Å². The molecule has 0 spiro atoms. The summed E-state index contributed by atoms with van der Waals surface area (Å²) in [5.41, 5.74) is 1.10. The normalized spacial score (nSPS) is 12.2. The molecule has 0 aliphatic rings. The van der Waals surface area contributed by atoms with E-state index in [1.807, 2.05) is 6.92 Å². The van der Waals surface area contributed by atoms with Crippen molar-refractivity contribution in [3.8, 4) is 0 Å². The largest absolute Gasteiger partial charge is 0.480 e. The molecule has 0 radical (unpaired) electrons. The molecule has 0 fully saturated rings. The van der Waals surface area contributed by atoms with Gasteiger partial charge >= 0.3 is 5.97 Å². The maximum Gasteiger partial charge on any atom is 0.328 e. The number of amides is 1. The zero-order valence-corrected chi connectivity index (χ0v) is 11.8. The zero-order chi connectivity index (χ0) is 14.4. The quantitative estimate of drug-likeness (QED) is 0.809. The summed E-state index contributed by atoms with van der Waals surface area (Å²) in [7, 11) is 0. The van der Waals surface area contributed by atoms with Crippen LogP contribution in [0.3, 0.4) is 0 Å². The molecule has 1 aromatic rings. The maximum absolute atomic E-state index is 12.5. The third kappa shape index (κ3) is 4.02. The number of carbonyl (C=O) groups excluding carboxylic acids is 1. The number of nitrogens with one attached hydrogen (secondary N) is 1. The fraction of sp³-hybridized carbons (Fsp3) is 0.538. The van der Waals surface area contributed by atoms with Crippen LogP contribution < -0.4 is 5.32 Å². The molecular weight excluding hydrogens is 269 g/mol. The summed E-state index contributed by atoms with van der Waals surface area (Å²) in [6.07, 6.45) is 2.70. The number of thiophene rings is 1. The minimum atomic E-state index is -1.48. The van der Waals surface area contributed by atoms with Gasteiger partial charge in [-0.1, -0.05) is 20.3 Å². The van der Waals surface area contributed by atoms with Crippen LogP contribution in [0, 0.1) is 0 Å². The molecule has 1 heterocycles. The van der Waals surface area contributed by atoms with Gasteiger partial charge in [-0.05, 0) is 24.5 Å². The van der Waals surface area contributed by atoms with Crippen molar-refractivity contribution in [2.45, 2.75) is 39.2 Å². The van der Waals surface area contributed by atoms with E-state index in [0.717, 1.165) is 29.7 Å². The highest BCUT2D eigenvalue weighted by Gasteiger charge is 2.22. The molecule has 1 amide bonds. The second kappa shape index (κ2) is 7.23. The molecule has 4 nitrogen and oxygen atoms in total. The van der Waals surface area contributed by atoms with Gasteiger partial charge in [0.05, 0.1) is 4.88 Å². The van der Waals surface area contributed by atoms with E-state index in [-0.39, 0.29) is 0 Å². The molecule has 0 saturated heterocycles. The zero-order valence-electron chi connectivity index (χ0n) is 11.0. The lowest BCUT2D eigenvalue weighted by Crippen LogP contribution is -2.42.